The number of nitrogens with zero attached hydrogens (tertiary/aromatic N) is 1. The summed E-state index contributed by atoms with van der Waals surface area (Å²) in [5, 5.41) is 7.55. The standard InChI is InChI=1S/C15H25N3O2S/c1-11-17-9-12(21-11)8-16-10-15(6-5-7-15)18-13(19)20-14(2,3)4/h9,16H,5-8,10H2,1-4H3,(H,18,19). The average Bonchev–Trinajstić information content (AvgIpc) is 2.69. The number of aryl methyl sites for hydroxylation is 1. The van der Waals surface area contributed by atoms with Gasteiger partial charge in [0.25, 0.3) is 0 Å². The van der Waals surface area contributed by atoms with Crippen molar-refractivity contribution < 1.29 is 9.53 Å². The van der Waals surface area contributed by atoms with Crippen LogP contribution in [0.4, 0.5) is 4.79 Å². The van der Waals surface area contributed by atoms with Crippen LogP contribution < -0.4 is 10.6 Å². The van der Waals surface area contributed by atoms with Crippen molar-refractivity contribution in [3.63, 3.8) is 0 Å². The molecule has 2 N–H and O–H groups in total. The lowest BCUT2D eigenvalue weighted by atomic mass is 9.76. The van der Waals surface area contributed by atoms with Gasteiger partial charge >= 0.3 is 6.09 Å². The van der Waals surface area contributed by atoms with Crippen molar-refractivity contribution in [1.82, 2.24) is 15.6 Å². The van der Waals surface area contributed by atoms with E-state index in [-0.39, 0.29) is 11.6 Å². The van der Waals surface area contributed by atoms with Gasteiger partial charge in [-0.15, -0.1) is 11.3 Å². The van der Waals surface area contributed by atoms with E-state index in [1.165, 1.54) is 4.88 Å². The number of alkyl carbamates (subject to hydrolysis) is 1. The van der Waals surface area contributed by atoms with Crippen LogP contribution in [0.3, 0.4) is 0 Å². The Labute approximate surface area is 130 Å². The molecule has 1 aliphatic carbocycles. The van der Waals surface area contributed by atoms with E-state index in [1.54, 1.807) is 11.3 Å². The third-order valence-electron chi connectivity index (χ3n) is 3.51. The Balaban J connectivity index is 1.80. The first kappa shape index (κ1) is 16.2. The number of hydrogen-bond acceptors (Lipinski definition) is 5. The Morgan fingerprint density at radius 1 is 1.48 bits per heavy atom. The molecule has 0 radical (unpaired) electrons. The summed E-state index contributed by atoms with van der Waals surface area (Å²) in [4.78, 5) is 17.4. The van der Waals surface area contributed by atoms with E-state index in [2.05, 4.69) is 15.6 Å². The Morgan fingerprint density at radius 3 is 2.67 bits per heavy atom. The van der Waals surface area contributed by atoms with Gasteiger partial charge in [-0.1, -0.05) is 0 Å². The minimum Gasteiger partial charge on any atom is -0.444 e. The van der Waals surface area contributed by atoms with Gasteiger partial charge in [0.2, 0.25) is 0 Å². The highest BCUT2D eigenvalue weighted by molar-refractivity contribution is 7.11. The summed E-state index contributed by atoms with van der Waals surface area (Å²) in [5.41, 5.74) is -0.606. The highest BCUT2D eigenvalue weighted by Gasteiger charge is 2.39. The Bertz CT molecular complexity index is 489. The third-order valence-corrected chi connectivity index (χ3v) is 4.42. The van der Waals surface area contributed by atoms with Crippen molar-refractivity contribution in [1.29, 1.82) is 0 Å². The predicted molar refractivity (Wildman–Crippen MR) is 84.5 cm³/mol. The minimum absolute atomic E-state index is 0.151. The van der Waals surface area contributed by atoms with Crippen LogP contribution in [0.2, 0.25) is 0 Å². The van der Waals surface area contributed by atoms with Gasteiger partial charge in [-0.25, -0.2) is 9.78 Å². The molecule has 1 aromatic rings. The van der Waals surface area contributed by atoms with Gasteiger partial charge in [-0.05, 0) is 47.0 Å². The van der Waals surface area contributed by atoms with Gasteiger partial charge in [0, 0.05) is 24.2 Å². The molecule has 2 rings (SSSR count). The second kappa shape index (κ2) is 6.32. The number of thiazole rings is 1. The predicted octanol–water partition coefficient (Wildman–Crippen LogP) is 2.99. The summed E-state index contributed by atoms with van der Waals surface area (Å²) in [6, 6.07) is 0. The van der Waals surface area contributed by atoms with Crippen molar-refractivity contribution in [2.45, 2.75) is 64.6 Å². The molecule has 0 unspecified atom stereocenters. The second-order valence-electron chi connectivity index (χ2n) is 6.71. The summed E-state index contributed by atoms with van der Waals surface area (Å²) < 4.78 is 5.35. The van der Waals surface area contributed by atoms with Crippen molar-refractivity contribution in [2.24, 2.45) is 0 Å². The van der Waals surface area contributed by atoms with Gasteiger partial charge < -0.3 is 15.4 Å². The first-order chi connectivity index (χ1) is 9.78. The van der Waals surface area contributed by atoms with Crippen molar-refractivity contribution in [2.75, 3.05) is 6.54 Å². The Morgan fingerprint density at radius 2 is 2.19 bits per heavy atom. The molecule has 0 spiro atoms. The fourth-order valence-electron chi connectivity index (χ4n) is 2.38. The summed E-state index contributed by atoms with van der Waals surface area (Å²) >= 11 is 1.70. The monoisotopic (exact) mass is 311 g/mol. The summed E-state index contributed by atoms with van der Waals surface area (Å²) in [6.45, 7) is 9.21. The number of amides is 1. The minimum atomic E-state index is -0.456. The molecule has 1 amide bonds. The molecule has 1 aromatic heterocycles. The fourth-order valence-corrected chi connectivity index (χ4v) is 3.15. The molecule has 1 saturated carbocycles. The number of carbonyl (C=O) groups is 1. The van der Waals surface area contributed by atoms with Gasteiger partial charge in [-0.2, -0.15) is 0 Å². The SMILES string of the molecule is Cc1ncc(CNCC2(NC(=O)OC(C)(C)C)CCC2)s1. The van der Waals surface area contributed by atoms with E-state index in [0.717, 1.165) is 37.4 Å². The van der Waals surface area contributed by atoms with E-state index in [1.807, 2.05) is 33.9 Å². The molecule has 0 saturated heterocycles. The van der Waals surface area contributed by atoms with Crippen molar-refractivity contribution >= 4 is 17.4 Å². The number of rotatable bonds is 5. The largest absolute Gasteiger partial charge is 0.444 e. The molecule has 0 aromatic carbocycles. The summed E-state index contributed by atoms with van der Waals surface area (Å²) in [6.07, 6.45) is 4.73. The number of carbonyl (C=O) groups excluding carboxylic acids is 1. The van der Waals surface area contributed by atoms with Crippen LogP contribution in [0.1, 0.15) is 49.9 Å². The zero-order valence-corrected chi connectivity index (χ0v) is 14.1. The molecule has 0 atom stereocenters. The molecule has 1 fully saturated rings. The highest BCUT2D eigenvalue weighted by Crippen LogP contribution is 2.31. The fraction of sp³-hybridized carbons (Fsp3) is 0.733. The van der Waals surface area contributed by atoms with Crippen LogP contribution in [-0.2, 0) is 11.3 Å². The molecular weight excluding hydrogens is 286 g/mol. The topological polar surface area (TPSA) is 63.2 Å². The lowest BCUT2D eigenvalue weighted by molar-refractivity contribution is 0.0382. The van der Waals surface area contributed by atoms with Gasteiger partial charge in [0.15, 0.2) is 0 Å². The third kappa shape index (κ3) is 4.97. The van der Waals surface area contributed by atoms with Crippen LogP contribution in [0.5, 0.6) is 0 Å². The highest BCUT2D eigenvalue weighted by atomic mass is 32.1. The maximum absolute atomic E-state index is 11.9. The van der Waals surface area contributed by atoms with Crippen LogP contribution in [-0.4, -0.2) is 28.8 Å². The van der Waals surface area contributed by atoms with Gasteiger partial charge in [-0.3, -0.25) is 0 Å². The number of aromatic nitrogens is 1. The van der Waals surface area contributed by atoms with Crippen LogP contribution in [0, 0.1) is 6.92 Å². The Hall–Kier alpha value is -1.14. The molecule has 0 aliphatic heterocycles. The number of hydrogen-bond donors (Lipinski definition) is 2. The van der Waals surface area contributed by atoms with Crippen molar-refractivity contribution in [3.05, 3.63) is 16.1 Å². The summed E-state index contributed by atoms with van der Waals surface area (Å²) in [7, 11) is 0. The second-order valence-corrected chi connectivity index (χ2v) is 8.03. The van der Waals surface area contributed by atoms with E-state index < -0.39 is 5.60 Å². The van der Waals surface area contributed by atoms with E-state index >= 15 is 0 Å². The normalized spacial score (nSPS) is 17.1. The zero-order chi connectivity index (χ0) is 15.5. The lowest BCUT2D eigenvalue weighted by Crippen LogP contribution is -2.59. The number of ether oxygens (including phenoxy) is 1. The van der Waals surface area contributed by atoms with Crippen molar-refractivity contribution in [3.8, 4) is 0 Å². The van der Waals surface area contributed by atoms with Crippen LogP contribution >= 0.6 is 11.3 Å². The van der Waals surface area contributed by atoms with E-state index in [9.17, 15) is 4.79 Å². The smallest absolute Gasteiger partial charge is 0.408 e. The quantitative estimate of drug-likeness (QED) is 0.877. The van der Waals surface area contributed by atoms with Crippen LogP contribution in [0.25, 0.3) is 0 Å². The maximum atomic E-state index is 11.9. The first-order valence-corrected chi connectivity index (χ1v) is 8.23. The van der Waals surface area contributed by atoms with E-state index in [0.29, 0.717) is 0 Å². The first-order valence-electron chi connectivity index (χ1n) is 7.41. The maximum Gasteiger partial charge on any atom is 0.408 e. The molecule has 21 heavy (non-hydrogen) atoms. The van der Waals surface area contributed by atoms with Gasteiger partial charge in [0.05, 0.1) is 10.5 Å². The average molecular weight is 311 g/mol. The molecule has 0 bridgehead atoms. The molecule has 6 heteroatoms. The number of nitrogens with one attached hydrogen (secondary N) is 2. The molecular formula is C15H25N3O2S. The molecule has 1 heterocycles. The summed E-state index contributed by atoms with van der Waals surface area (Å²) in [5.74, 6) is 0. The lowest BCUT2D eigenvalue weighted by Gasteiger charge is -2.42. The zero-order valence-electron chi connectivity index (χ0n) is 13.3. The van der Waals surface area contributed by atoms with Crippen LogP contribution in [0.15, 0.2) is 6.20 Å². The molecule has 118 valence electrons. The van der Waals surface area contributed by atoms with Gasteiger partial charge in [0.1, 0.15) is 5.60 Å². The molecule has 1 aliphatic rings. The molecule has 5 nitrogen and oxygen atoms in total. The Kier molecular flexibility index (Phi) is 4.88. The van der Waals surface area contributed by atoms with E-state index in [4.69, 9.17) is 4.74 Å².